The number of hydrogen-bond donors (Lipinski definition) is 4. The second-order valence-corrected chi connectivity index (χ2v) is 13.0. The van der Waals surface area contributed by atoms with Gasteiger partial charge in [-0.2, -0.15) is 5.06 Å². The van der Waals surface area contributed by atoms with Gasteiger partial charge in [-0.3, -0.25) is 9.63 Å². The molecule has 7 atom stereocenters. The Hall–Kier alpha value is -3.18. The lowest BCUT2D eigenvalue weighted by molar-refractivity contribution is -0.182. The topological polar surface area (TPSA) is 132 Å². The van der Waals surface area contributed by atoms with Crippen molar-refractivity contribution in [2.45, 2.75) is 77.8 Å². The minimum absolute atomic E-state index is 0.0126. The standard InChI is InChI=1S/C34H49N3O7/c1-19(2)22-12-11-20(3)28(16-22)35-33(40)31-30(21(4)39)29(18-38)44-37(31)17-23-9-8-10-27(32(23)43-7)24-13-25(34(41)42)15-26(14-24)36(5)6/h8-10,13-15,19-22,28-31,38-39H,11-12,16-18H2,1-7H3,(H,35,40)(H,41,42)/t20-,21-,22+,28-,29-,30+,31-/m0/s1. The lowest BCUT2D eigenvalue weighted by atomic mass is 9.74. The summed E-state index contributed by atoms with van der Waals surface area (Å²) in [5.41, 5.74) is 2.96. The number of carbonyl (C=O) groups excluding carboxylic acids is 1. The van der Waals surface area contributed by atoms with E-state index in [1.807, 2.05) is 43.3 Å². The van der Waals surface area contributed by atoms with Gasteiger partial charge in [-0.05, 0) is 67.7 Å². The van der Waals surface area contributed by atoms with Crippen LogP contribution in [0.25, 0.3) is 11.1 Å². The fourth-order valence-corrected chi connectivity index (χ4v) is 6.80. The minimum Gasteiger partial charge on any atom is -0.496 e. The molecule has 10 heteroatoms. The van der Waals surface area contributed by atoms with E-state index in [4.69, 9.17) is 9.57 Å². The van der Waals surface area contributed by atoms with E-state index >= 15 is 0 Å². The number of para-hydroxylation sites is 1. The van der Waals surface area contributed by atoms with Gasteiger partial charge >= 0.3 is 5.97 Å². The molecule has 0 radical (unpaired) electrons. The van der Waals surface area contributed by atoms with E-state index in [2.05, 4.69) is 26.1 Å². The number of aromatic carboxylic acids is 1. The highest BCUT2D eigenvalue weighted by Crippen LogP contribution is 2.39. The summed E-state index contributed by atoms with van der Waals surface area (Å²) < 4.78 is 5.89. The average Bonchev–Trinajstić information content (AvgIpc) is 3.36. The van der Waals surface area contributed by atoms with Crippen LogP contribution in [0.3, 0.4) is 0 Å². The molecule has 1 aliphatic carbocycles. The Labute approximate surface area is 260 Å². The summed E-state index contributed by atoms with van der Waals surface area (Å²) >= 11 is 0. The minimum atomic E-state index is -1.03. The third kappa shape index (κ3) is 7.20. The molecule has 10 nitrogen and oxygen atoms in total. The number of nitrogens with zero attached hydrogens (tertiary/aromatic N) is 2. The van der Waals surface area contributed by atoms with E-state index in [0.717, 1.165) is 24.9 Å². The van der Waals surface area contributed by atoms with Gasteiger partial charge in [-0.1, -0.05) is 39.0 Å². The van der Waals surface area contributed by atoms with Crippen LogP contribution in [-0.4, -0.2) is 84.4 Å². The van der Waals surface area contributed by atoms with E-state index in [1.165, 1.54) is 0 Å². The van der Waals surface area contributed by atoms with Crippen LogP contribution >= 0.6 is 0 Å². The average molecular weight is 612 g/mol. The molecule has 0 unspecified atom stereocenters. The number of ether oxygens (including phenoxy) is 1. The molecule has 1 amide bonds. The van der Waals surface area contributed by atoms with Crippen molar-refractivity contribution in [2.24, 2.45) is 23.7 Å². The normalized spacial score (nSPS) is 26.4. The third-order valence-electron chi connectivity index (χ3n) is 9.51. The van der Waals surface area contributed by atoms with Crippen LogP contribution in [0.5, 0.6) is 5.75 Å². The summed E-state index contributed by atoms with van der Waals surface area (Å²) in [6.45, 7) is 8.03. The van der Waals surface area contributed by atoms with Crippen LogP contribution in [-0.2, 0) is 16.2 Å². The molecule has 1 saturated carbocycles. The fourth-order valence-electron chi connectivity index (χ4n) is 6.80. The molecule has 1 saturated heterocycles. The highest BCUT2D eigenvalue weighted by atomic mass is 16.7. The van der Waals surface area contributed by atoms with Crippen molar-refractivity contribution in [1.29, 1.82) is 0 Å². The number of benzene rings is 2. The predicted molar refractivity (Wildman–Crippen MR) is 169 cm³/mol. The Morgan fingerprint density at radius 2 is 1.89 bits per heavy atom. The quantitative estimate of drug-likeness (QED) is 0.296. The Bertz CT molecular complexity index is 1310. The molecule has 242 valence electrons. The number of anilines is 1. The van der Waals surface area contributed by atoms with Crippen LogP contribution < -0.4 is 15.0 Å². The van der Waals surface area contributed by atoms with Crippen LogP contribution in [0, 0.1) is 23.7 Å². The first-order valence-electron chi connectivity index (χ1n) is 15.6. The van der Waals surface area contributed by atoms with Crippen molar-refractivity contribution < 1.29 is 34.5 Å². The van der Waals surface area contributed by atoms with E-state index in [0.29, 0.717) is 40.2 Å². The number of hydroxylamine groups is 2. The van der Waals surface area contributed by atoms with Gasteiger partial charge in [0.2, 0.25) is 5.91 Å². The van der Waals surface area contributed by atoms with E-state index in [-0.39, 0.29) is 30.7 Å². The number of aliphatic hydroxyl groups excluding tert-OH is 2. The van der Waals surface area contributed by atoms with Crippen LogP contribution in [0.4, 0.5) is 5.69 Å². The molecule has 4 N–H and O–H groups in total. The SMILES string of the molecule is COc1c(CN2O[C@@H](CO)[C@@H]([C@H](C)O)[C@H]2C(=O)N[C@H]2C[C@H](C(C)C)CC[C@@H]2C)cccc1-c1cc(C(=O)O)cc(N(C)C)c1. The number of amides is 1. The summed E-state index contributed by atoms with van der Waals surface area (Å²) in [5.74, 6) is -0.00257. The molecule has 2 aromatic rings. The van der Waals surface area contributed by atoms with Crippen molar-refractivity contribution >= 4 is 17.6 Å². The number of rotatable bonds is 11. The first kappa shape index (κ1) is 33.7. The van der Waals surface area contributed by atoms with Crippen molar-refractivity contribution in [3.63, 3.8) is 0 Å². The van der Waals surface area contributed by atoms with Crippen molar-refractivity contribution in [3.8, 4) is 16.9 Å². The smallest absolute Gasteiger partial charge is 0.335 e. The Kier molecular flexibility index (Phi) is 10.9. The molecule has 1 aliphatic heterocycles. The zero-order valence-electron chi connectivity index (χ0n) is 27.0. The molecule has 44 heavy (non-hydrogen) atoms. The molecule has 1 heterocycles. The molecule has 0 aromatic heterocycles. The molecule has 2 aromatic carbocycles. The van der Waals surface area contributed by atoms with Crippen molar-refractivity contribution in [2.75, 3.05) is 32.7 Å². The number of hydrogen-bond acceptors (Lipinski definition) is 8. The Morgan fingerprint density at radius 1 is 1.16 bits per heavy atom. The second kappa shape index (κ2) is 14.3. The number of nitrogens with one attached hydrogen (secondary N) is 1. The first-order chi connectivity index (χ1) is 20.9. The molecule has 0 bridgehead atoms. The van der Waals surface area contributed by atoms with Gasteiger partial charge in [0.15, 0.2) is 0 Å². The van der Waals surface area contributed by atoms with Gasteiger partial charge < -0.3 is 30.3 Å². The Balaban J connectivity index is 1.69. The van der Waals surface area contributed by atoms with Gasteiger partial charge in [0.05, 0.1) is 31.9 Å². The van der Waals surface area contributed by atoms with E-state index in [9.17, 15) is 24.9 Å². The highest BCUT2D eigenvalue weighted by Gasteiger charge is 2.50. The predicted octanol–water partition coefficient (Wildman–Crippen LogP) is 4.18. The molecular weight excluding hydrogens is 562 g/mol. The van der Waals surface area contributed by atoms with Gasteiger partial charge in [0.1, 0.15) is 17.9 Å². The second-order valence-electron chi connectivity index (χ2n) is 13.0. The maximum Gasteiger partial charge on any atom is 0.335 e. The highest BCUT2D eigenvalue weighted by molar-refractivity contribution is 5.92. The zero-order chi connectivity index (χ0) is 32.3. The molecule has 2 aliphatic rings. The largest absolute Gasteiger partial charge is 0.496 e. The summed E-state index contributed by atoms with van der Waals surface area (Å²) in [7, 11) is 5.25. The summed E-state index contributed by atoms with van der Waals surface area (Å²) in [6, 6.07) is 9.88. The molecular formula is C34H49N3O7. The van der Waals surface area contributed by atoms with Gasteiger partial charge in [0.25, 0.3) is 0 Å². The lowest BCUT2D eigenvalue weighted by Gasteiger charge is -2.38. The summed E-state index contributed by atoms with van der Waals surface area (Å²) in [4.78, 5) is 34.0. The van der Waals surface area contributed by atoms with Crippen LogP contribution in [0.1, 0.15) is 62.9 Å². The third-order valence-corrected chi connectivity index (χ3v) is 9.51. The summed E-state index contributed by atoms with van der Waals surface area (Å²) in [6.07, 6.45) is 1.43. The lowest BCUT2D eigenvalue weighted by Crippen LogP contribution is -2.53. The molecule has 2 fully saturated rings. The number of aliphatic hydroxyl groups is 2. The van der Waals surface area contributed by atoms with Crippen LogP contribution in [0.15, 0.2) is 36.4 Å². The van der Waals surface area contributed by atoms with Crippen molar-refractivity contribution in [1.82, 2.24) is 10.4 Å². The molecule has 4 rings (SSSR count). The maximum atomic E-state index is 14.0. The van der Waals surface area contributed by atoms with Gasteiger partial charge in [-0.25, -0.2) is 4.79 Å². The van der Waals surface area contributed by atoms with Gasteiger partial charge in [0, 0.05) is 42.9 Å². The maximum absolute atomic E-state index is 14.0. The van der Waals surface area contributed by atoms with Gasteiger partial charge in [-0.15, -0.1) is 0 Å². The van der Waals surface area contributed by atoms with E-state index in [1.54, 1.807) is 31.2 Å². The zero-order valence-corrected chi connectivity index (χ0v) is 27.0. The fraction of sp³-hybridized carbons (Fsp3) is 0.588. The first-order valence-corrected chi connectivity index (χ1v) is 15.6. The summed E-state index contributed by atoms with van der Waals surface area (Å²) in [5, 5.41) is 35.6. The monoisotopic (exact) mass is 611 g/mol. The van der Waals surface area contributed by atoms with Crippen molar-refractivity contribution in [3.05, 3.63) is 47.5 Å². The molecule has 0 spiro atoms. The van der Waals surface area contributed by atoms with Crippen LogP contribution in [0.2, 0.25) is 0 Å². The number of carboxylic acids is 1. The van der Waals surface area contributed by atoms with E-state index < -0.39 is 30.1 Å². The number of carboxylic acid groups (broad SMARTS) is 1. The number of methoxy groups -OCH3 is 1. The number of carbonyl (C=O) groups is 2. The Morgan fingerprint density at radius 3 is 2.48 bits per heavy atom.